The van der Waals surface area contributed by atoms with Crippen molar-refractivity contribution >= 4 is 70.0 Å². The molecule has 0 aliphatic carbocycles. The van der Waals surface area contributed by atoms with Gasteiger partial charge in [0.05, 0.1) is 20.1 Å². The van der Waals surface area contributed by atoms with Crippen molar-refractivity contribution in [3.8, 4) is 0 Å². The van der Waals surface area contributed by atoms with Crippen LogP contribution in [-0.4, -0.2) is 158 Å². The molecule has 600 valence electrons. The summed E-state index contributed by atoms with van der Waals surface area (Å²) in [6, 6.07) is 9.11. The van der Waals surface area contributed by atoms with E-state index in [9.17, 15) is 36.7 Å². The zero-order valence-electron chi connectivity index (χ0n) is 109. The molecule has 0 spiro atoms. The fraction of sp³-hybridized carbons (Fsp3) is 0.476. The van der Waals surface area contributed by atoms with Gasteiger partial charge in [0, 0.05) is 218 Å². The molecule has 4 aliphatic rings. The normalized spacial score (nSPS) is 32.8. The van der Waals surface area contributed by atoms with Crippen molar-refractivity contribution in [3.05, 3.63) is 234 Å². The number of piperidine rings is 4. The molecule has 0 saturated carbocycles. The maximum atomic E-state index is 17.0. The van der Waals surface area contributed by atoms with Crippen LogP contribution < -0.4 is 0 Å². The third-order valence-corrected chi connectivity index (χ3v) is 16.0. The average Bonchev–Trinajstić information content (AvgIpc) is 0.653. The first-order valence-corrected chi connectivity index (χ1v) is 33.8. The molecule has 4 aliphatic heterocycles. The van der Waals surface area contributed by atoms with Gasteiger partial charge in [-0.25, -0.2) is 75.0 Å². The lowest BCUT2D eigenvalue weighted by atomic mass is 9.88. The third kappa shape index (κ3) is 25.8. The Bertz CT molecular complexity index is 6690. The molecule has 112 heavy (non-hydrogen) atoms. The molecule has 0 N–H and O–H groups in total. The van der Waals surface area contributed by atoms with Crippen LogP contribution in [0.2, 0.25) is 20.1 Å². The number of amides is 4. The minimum absolute atomic E-state index is 0.0274. The van der Waals surface area contributed by atoms with Crippen LogP contribution in [0, 0.1) is 23.3 Å². The Balaban J connectivity index is 0.000000238. The van der Waals surface area contributed by atoms with E-state index in [4.69, 9.17) is 115 Å². The molecular formula is C84H96Cl4F8N12O4. The highest BCUT2D eigenvalue weighted by Crippen LogP contribution is 2.37. The van der Waals surface area contributed by atoms with Gasteiger partial charge in [-0.3, -0.25) is 19.2 Å². The highest BCUT2D eigenvalue weighted by atomic mass is 35.5. The number of alkyl halides is 4. The van der Waals surface area contributed by atoms with E-state index in [1.54, 1.807) is 0 Å². The summed E-state index contributed by atoms with van der Waals surface area (Å²) in [6.07, 6.45) is -61.5. The quantitative estimate of drug-likeness (QED) is 0.0522. The Labute approximate surface area is 740 Å². The lowest BCUT2D eigenvalue weighted by Gasteiger charge is -2.36. The molecule has 3 unspecified atom stereocenters. The number of hydrogen-bond donors (Lipinski definition) is 0. The zero-order chi connectivity index (χ0) is 125. The molecule has 3 atom stereocenters. The van der Waals surface area contributed by atoms with Gasteiger partial charge in [-0.1, -0.05) is 74.1 Å². The highest BCUT2D eigenvalue weighted by Gasteiger charge is 2.40. The molecule has 4 aromatic carbocycles. The van der Waals surface area contributed by atoms with Crippen LogP contribution in [-0.2, 0) is 51.0 Å². The Morgan fingerprint density at radius 3 is 0.839 bits per heavy atom. The second-order valence-corrected chi connectivity index (χ2v) is 24.2. The van der Waals surface area contributed by atoms with E-state index in [2.05, 4.69) is 39.9 Å². The van der Waals surface area contributed by atoms with Crippen LogP contribution >= 0.6 is 46.4 Å². The number of hydrogen-bond acceptors (Lipinski definition) is 12. The molecule has 12 rings (SSSR count). The number of halogens is 12. The van der Waals surface area contributed by atoms with Gasteiger partial charge in [0.1, 0.15) is 69.2 Å². The smallest absolute Gasteiger partial charge is 0.253 e. The molecule has 4 amide bonds. The van der Waals surface area contributed by atoms with Crippen LogP contribution in [0.4, 0.5) is 35.1 Å². The second kappa shape index (κ2) is 41.6. The van der Waals surface area contributed by atoms with Crippen molar-refractivity contribution in [2.45, 2.75) is 204 Å². The Morgan fingerprint density at radius 2 is 0.580 bits per heavy atom. The Kier molecular flexibility index (Phi) is 15.5. The van der Waals surface area contributed by atoms with Crippen molar-refractivity contribution < 1.29 is 123 Å². The summed E-state index contributed by atoms with van der Waals surface area (Å²) in [5.74, 6) is -12.9. The fourth-order valence-corrected chi connectivity index (χ4v) is 9.44. The highest BCUT2D eigenvalue weighted by molar-refractivity contribution is 6.32. The van der Waals surface area contributed by atoms with E-state index in [1.165, 1.54) is 20.8 Å². The summed E-state index contributed by atoms with van der Waals surface area (Å²) in [6.45, 7) is -23.2. The van der Waals surface area contributed by atoms with Gasteiger partial charge in [-0.2, -0.15) is 0 Å². The van der Waals surface area contributed by atoms with E-state index in [0.717, 1.165) is 117 Å². The van der Waals surface area contributed by atoms with Crippen molar-refractivity contribution in [2.75, 3.05) is 52.0 Å². The van der Waals surface area contributed by atoms with Crippen molar-refractivity contribution in [1.29, 1.82) is 0 Å². The molecular weight excluding hydrogens is 1530 g/mol. The Hall–Kier alpha value is -8.32. The van der Waals surface area contributed by atoms with Gasteiger partial charge < -0.3 is 19.6 Å². The van der Waals surface area contributed by atoms with E-state index in [0.29, 0.717) is 12.1 Å². The van der Waals surface area contributed by atoms with Gasteiger partial charge in [0.25, 0.3) is 23.6 Å². The largest absolute Gasteiger partial charge is 0.338 e. The topological polar surface area (TPSA) is 184 Å². The molecule has 0 radical (unpaired) electrons. The lowest BCUT2D eigenvalue weighted by Crippen LogP contribution is -2.44. The van der Waals surface area contributed by atoms with Gasteiger partial charge in [0.2, 0.25) is 0 Å². The molecule has 4 fully saturated rings. The van der Waals surface area contributed by atoms with E-state index >= 15 is 17.6 Å². The van der Waals surface area contributed by atoms with Crippen LogP contribution in [0.1, 0.15) is 285 Å². The van der Waals surface area contributed by atoms with Gasteiger partial charge >= 0.3 is 0 Å². The number of carbonyl (C=O) groups excluding carboxylic acids is 4. The maximum absolute atomic E-state index is 17.0. The van der Waals surface area contributed by atoms with Crippen molar-refractivity contribution in [1.82, 2.24) is 59.5 Å². The monoisotopic (exact) mass is 1680 g/mol. The minimum atomic E-state index is -4.83. The van der Waals surface area contributed by atoms with E-state index < -0.39 is 345 Å². The zero-order valence-corrected chi connectivity index (χ0v) is 61.6. The van der Waals surface area contributed by atoms with Gasteiger partial charge in [0.15, 0.2) is 0 Å². The maximum Gasteiger partial charge on any atom is 0.253 e. The first-order valence-electron chi connectivity index (χ1n) is 57.3. The van der Waals surface area contributed by atoms with E-state index in [1.807, 2.05) is 0 Å². The van der Waals surface area contributed by atoms with Crippen molar-refractivity contribution in [3.63, 3.8) is 0 Å². The fourth-order valence-electron chi connectivity index (χ4n) is 8.72. The second-order valence-electron chi connectivity index (χ2n) is 22.6. The summed E-state index contributed by atoms with van der Waals surface area (Å²) in [5, 5.41) is -2.36. The first-order chi connectivity index (χ1) is 72.1. The van der Waals surface area contributed by atoms with E-state index in [-0.39, 0.29) is 37.0 Å². The summed E-state index contributed by atoms with van der Waals surface area (Å²) in [4.78, 5) is 81.0. The summed E-state index contributed by atoms with van der Waals surface area (Å²) in [5.41, 5.74) is -19.8. The van der Waals surface area contributed by atoms with Crippen LogP contribution in [0.15, 0.2) is 122 Å². The number of rotatable bonds is 24. The van der Waals surface area contributed by atoms with Gasteiger partial charge in [-0.15, -0.1) is 0 Å². The van der Waals surface area contributed by atoms with Gasteiger partial charge in [-0.05, 0) is 223 Å². The molecule has 8 heterocycles. The SMILES string of the molecule is [2H]C([2H])(C)c1cnc(C([2H])([2H])CC([2H])([2H])C2(F)C([2H])([2H])C([2H])([2H])N(C(=O)c3ccc(F)c(Cl)c3)C([2H])([2H])C2([2H])[2H])nc1.[2H]C([2H])(C)c1cnc(C([2H])([2H])CC([2H])([2H])C2(F)C([2H])([2H])CN(C(=O)c3ccc(F)c(Cl)c3)C([2H])([2H])C2([2H])[2H])nc1.[2H]C([2H])(C)c1cnc(C([2H])([2H])CC([2H])([2H])C2(F)CC([2H])([2H])N(C(=O)c3ccc(F)c(Cl)c3)C([2H])([2H])C2([2H])[2H])nc1.[2H]C([2H])(C)c1cnc(C([2H])([2H])CC([2H])([2H])C2(F)CC([2H])([2H])N(C(=O)c3ccc(F)c(Cl)c3)C([2H])([2H])C2([2H])[2H])nc1. The van der Waals surface area contributed by atoms with Crippen LogP contribution in [0.25, 0.3) is 0 Å². The molecule has 8 aromatic rings. The molecule has 28 heteroatoms. The molecule has 4 aromatic heterocycles. The predicted molar refractivity (Wildman–Crippen MR) is 419 cm³/mol. The molecule has 4 saturated heterocycles. The molecule has 16 nitrogen and oxygen atoms in total. The number of aryl methyl sites for hydroxylation is 8. The first kappa shape index (κ1) is 41.8. The average molecular weight is 1680 g/mol. The minimum Gasteiger partial charge on any atom is -0.338 e. The van der Waals surface area contributed by atoms with Crippen LogP contribution in [0.3, 0.4) is 0 Å². The number of carbonyl (C=O) groups is 4. The predicted octanol–water partition coefficient (Wildman–Crippen LogP) is 19.2. The number of benzene rings is 4. The standard InChI is InChI=1S/4C21H24ClF2N3O/c4*1-2-15-13-25-19(26-14-15)4-3-7-21(24)8-10-27(11-9-21)20(28)16-5-6-18(23)17(22)12-16/h4*5-6,12-14H,2-4,7-11H2,1H3/i2D2,4D2,7D2,8D2,9D2,10D2,11D2;2*2D2,4D2,7D2,8D2,10D2,11D2;2D2,4D2,7D2,8D2,9D2,10D2. The lowest BCUT2D eigenvalue weighted by molar-refractivity contribution is 0.0379. The number of nitrogens with zero attached hydrogens (tertiary/aromatic N) is 12. The summed E-state index contributed by atoms with van der Waals surface area (Å²) >= 11 is 22.6. The third-order valence-electron chi connectivity index (χ3n) is 14.9. The molecule has 0 bridgehead atoms. The van der Waals surface area contributed by atoms with Crippen molar-refractivity contribution in [2.24, 2.45) is 0 Å². The summed E-state index contributed by atoms with van der Waals surface area (Å²) in [7, 11) is 0. The Morgan fingerprint density at radius 1 is 0.357 bits per heavy atom. The van der Waals surface area contributed by atoms with Crippen LogP contribution in [0.5, 0.6) is 0 Å². The number of aromatic nitrogens is 8. The number of likely N-dealkylation sites (tertiary alicyclic amines) is 4. The summed E-state index contributed by atoms with van der Waals surface area (Å²) < 4.78 is 532.